The number of hydrogen-bond acceptors (Lipinski definition) is 3. The molecule has 4 heteroatoms. The summed E-state index contributed by atoms with van der Waals surface area (Å²) in [5.74, 6) is 0.829. The zero-order valence-electron chi connectivity index (χ0n) is 11.9. The number of nitrogens with one attached hydrogen (secondary N) is 1. The van der Waals surface area contributed by atoms with Gasteiger partial charge in [-0.3, -0.25) is 4.79 Å². The largest absolute Gasteiger partial charge is 0.461 e. The molecule has 0 bridgehead atoms. The van der Waals surface area contributed by atoms with Gasteiger partial charge in [-0.05, 0) is 25.5 Å². The van der Waals surface area contributed by atoms with Gasteiger partial charge < -0.3 is 15.5 Å². The maximum absolute atomic E-state index is 10.6. The normalized spacial score (nSPS) is 11.1. The Bertz CT molecular complexity index is 575. The topological polar surface area (TPSA) is 68.3 Å². The number of fused-ring (bicyclic) bond motifs is 1. The molecule has 0 aliphatic heterocycles. The first-order valence-electron chi connectivity index (χ1n) is 7.20. The van der Waals surface area contributed by atoms with Crippen LogP contribution in [0.25, 0.3) is 11.0 Å². The number of primary amides is 1. The van der Waals surface area contributed by atoms with Gasteiger partial charge in [-0.15, -0.1) is 0 Å². The molecule has 4 nitrogen and oxygen atoms in total. The van der Waals surface area contributed by atoms with E-state index in [1.54, 1.807) is 0 Å². The molecule has 0 aliphatic carbocycles. The summed E-state index contributed by atoms with van der Waals surface area (Å²) >= 11 is 0. The first-order valence-corrected chi connectivity index (χ1v) is 7.20. The average Bonchev–Trinajstić information content (AvgIpc) is 2.80. The van der Waals surface area contributed by atoms with Crippen molar-refractivity contribution in [3.8, 4) is 0 Å². The Balaban J connectivity index is 1.90. The number of unbranched alkanes of at least 4 members (excludes halogenated alkanes) is 1. The van der Waals surface area contributed by atoms with Crippen molar-refractivity contribution in [1.29, 1.82) is 0 Å². The fourth-order valence-electron chi connectivity index (χ4n) is 2.39. The summed E-state index contributed by atoms with van der Waals surface area (Å²) in [7, 11) is 0. The minimum atomic E-state index is -0.223. The minimum Gasteiger partial charge on any atom is -0.461 e. The standard InChI is InChI=1S/C16H22N2O2/c1-2-14-13(11-18-10-6-5-9-16(17)19)12-7-3-4-8-15(12)20-14/h3-4,7-8,18H,2,5-6,9-11H2,1H3,(H2,17,19). The number of carbonyl (C=O) groups excluding carboxylic acids is 1. The van der Waals surface area contributed by atoms with E-state index in [1.807, 2.05) is 18.2 Å². The van der Waals surface area contributed by atoms with Gasteiger partial charge in [-0.25, -0.2) is 0 Å². The molecule has 0 aliphatic rings. The maximum atomic E-state index is 10.6. The predicted octanol–water partition coefficient (Wildman–Crippen LogP) is 2.74. The highest BCUT2D eigenvalue weighted by Gasteiger charge is 2.11. The van der Waals surface area contributed by atoms with Gasteiger partial charge in [0.2, 0.25) is 5.91 Å². The number of carbonyl (C=O) groups is 1. The van der Waals surface area contributed by atoms with Crippen molar-refractivity contribution in [3.05, 3.63) is 35.6 Å². The molecule has 2 rings (SSSR count). The lowest BCUT2D eigenvalue weighted by molar-refractivity contribution is -0.118. The summed E-state index contributed by atoms with van der Waals surface area (Å²) in [6.07, 6.45) is 3.17. The molecule has 0 atom stereocenters. The number of benzene rings is 1. The van der Waals surface area contributed by atoms with E-state index < -0.39 is 0 Å². The lowest BCUT2D eigenvalue weighted by Gasteiger charge is -2.04. The van der Waals surface area contributed by atoms with Gasteiger partial charge in [0.25, 0.3) is 0 Å². The van der Waals surface area contributed by atoms with Crippen molar-refractivity contribution in [2.75, 3.05) is 6.54 Å². The summed E-state index contributed by atoms with van der Waals surface area (Å²) in [5, 5.41) is 4.61. The van der Waals surface area contributed by atoms with Crippen LogP contribution in [-0.2, 0) is 17.8 Å². The Labute approximate surface area is 119 Å². The maximum Gasteiger partial charge on any atom is 0.217 e. The molecule has 3 N–H and O–H groups in total. The molecule has 0 spiro atoms. The van der Waals surface area contributed by atoms with Crippen molar-refractivity contribution >= 4 is 16.9 Å². The molecule has 1 heterocycles. The van der Waals surface area contributed by atoms with Crippen LogP contribution in [-0.4, -0.2) is 12.5 Å². The first-order chi connectivity index (χ1) is 9.72. The lowest BCUT2D eigenvalue weighted by Crippen LogP contribution is -2.16. The first kappa shape index (κ1) is 14.6. The van der Waals surface area contributed by atoms with Crippen LogP contribution < -0.4 is 11.1 Å². The molecular weight excluding hydrogens is 252 g/mol. The molecule has 0 radical (unpaired) electrons. The number of para-hydroxylation sites is 1. The Morgan fingerprint density at radius 1 is 1.30 bits per heavy atom. The Kier molecular flexibility index (Phi) is 5.18. The Morgan fingerprint density at radius 2 is 2.10 bits per heavy atom. The Morgan fingerprint density at radius 3 is 2.85 bits per heavy atom. The van der Waals surface area contributed by atoms with Crippen LogP contribution in [0.4, 0.5) is 0 Å². The molecular formula is C16H22N2O2. The Hall–Kier alpha value is -1.81. The van der Waals surface area contributed by atoms with E-state index in [0.29, 0.717) is 6.42 Å². The predicted molar refractivity (Wildman–Crippen MR) is 80.3 cm³/mol. The van der Waals surface area contributed by atoms with E-state index in [4.69, 9.17) is 10.2 Å². The summed E-state index contributed by atoms with van der Waals surface area (Å²) in [6.45, 7) is 3.79. The van der Waals surface area contributed by atoms with Crippen LogP contribution in [0, 0.1) is 0 Å². The second-order valence-corrected chi connectivity index (χ2v) is 4.95. The number of amides is 1. The quantitative estimate of drug-likeness (QED) is 0.727. The van der Waals surface area contributed by atoms with Gasteiger partial charge in [0.1, 0.15) is 11.3 Å². The summed E-state index contributed by atoms with van der Waals surface area (Å²) in [5.41, 5.74) is 7.31. The van der Waals surface area contributed by atoms with Gasteiger partial charge in [-0.1, -0.05) is 25.1 Å². The van der Waals surface area contributed by atoms with Crippen LogP contribution in [0.3, 0.4) is 0 Å². The highest BCUT2D eigenvalue weighted by Crippen LogP contribution is 2.26. The van der Waals surface area contributed by atoms with Crippen molar-refractivity contribution in [3.63, 3.8) is 0 Å². The van der Waals surface area contributed by atoms with E-state index in [-0.39, 0.29) is 5.91 Å². The van der Waals surface area contributed by atoms with Crippen LogP contribution >= 0.6 is 0 Å². The molecule has 108 valence electrons. The van der Waals surface area contributed by atoms with Crippen LogP contribution in [0.1, 0.15) is 37.5 Å². The van der Waals surface area contributed by atoms with Gasteiger partial charge in [0, 0.05) is 30.3 Å². The lowest BCUT2D eigenvalue weighted by atomic mass is 10.1. The third kappa shape index (κ3) is 3.61. The monoisotopic (exact) mass is 274 g/mol. The van der Waals surface area contributed by atoms with Gasteiger partial charge >= 0.3 is 0 Å². The number of rotatable bonds is 8. The summed E-state index contributed by atoms with van der Waals surface area (Å²) in [4.78, 5) is 10.6. The fourth-order valence-corrected chi connectivity index (χ4v) is 2.39. The highest BCUT2D eigenvalue weighted by molar-refractivity contribution is 5.82. The number of aryl methyl sites for hydroxylation is 1. The third-order valence-corrected chi connectivity index (χ3v) is 3.43. The van der Waals surface area contributed by atoms with Crippen molar-refractivity contribution in [1.82, 2.24) is 5.32 Å². The zero-order chi connectivity index (χ0) is 14.4. The van der Waals surface area contributed by atoms with Gasteiger partial charge in [-0.2, -0.15) is 0 Å². The SMILES string of the molecule is CCc1oc2ccccc2c1CNCCCCC(N)=O. The molecule has 1 aromatic heterocycles. The molecule has 2 aromatic rings. The van der Waals surface area contributed by atoms with Crippen LogP contribution in [0.15, 0.2) is 28.7 Å². The molecule has 0 saturated heterocycles. The minimum absolute atomic E-state index is 0.223. The van der Waals surface area contributed by atoms with Crippen molar-refractivity contribution in [2.24, 2.45) is 5.73 Å². The van der Waals surface area contributed by atoms with Crippen LogP contribution in [0.2, 0.25) is 0 Å². The van der Waals surface area contributed by atoms with E-state index in [2.05, 4.69) is 18.3 Å². The highest BCUT2D eigenvalue weighted by atomic mass is 16.3. The average molecular weight is 274 g/mol. The summed E-state index contributed by atoms with van der Waals surface area (Å²) < 4.78 is 5.86. The molecule has 0 saturated carbocycles. The van der Waals surface area contributed by atoms with Crippen LogP contribution in [0.5, 0.6) is 0 Å². The van der Waals surface area contributed by atoms with E-state index in [0.717, 1.165) is 43.7 Å². The third-order valence-electron chi connectivity index (χ3n) is 3.43. The fraction of sp³-hybridized carbons (Fsp3) is 0.438. The zero-order valence-corrected chi connectivity index (χ0v) is 11.9. The van der Waals surface area contributed by atoms with Crippen molar-refractivity contribution in [2.45, 2.75) is 39.2 Å². The molecule has 1 aromatic carbocycles. The molecule has 0 fully saturated rings. The smallest absolute Gasteiger partial charge is 0.217 e. The number of nitrogens with two attached hydrogens (primary N) is 1. The van der Waals surface area contributed by atoms with E-state index in [9.17, 15) is 4.79 Å². The second-order valence-electron chi connectivity index (χ2n) is 4.95. The molecule has 20 heavy (non-hydrogen) atoms. The number of furan rings is 1. The van der Waals surface area contributed by atoms with Gasteiger partial charge in [0.15, 0.2) is 0 Å². The van der Waals surface area contributed by atoms with Gasteiger partial charge in [0.05, 0.1) is 0 Å². The number of hydrogen-bond donors (Lipinski definition) is 2. The van der Waals surface area contributed by atoms with Crippen molar-refractivity contribution < 1.29 is 9.21 Å². The molecule has 1 amide bonds. The second kappa shape index (κ2) is 7.10. The molecule has 0 unspecified atom stereocenters. The van der Waals surface area contributed by atoms with E-state index in [1.165, 1.54) is 10.9 Å². The van der Waals surface area contributed by atoms with E-state index >= 15 is 0 Å². The summed E-state index contributed by atoms with van der Waals surface area (Å²) in [6, 6.07) is 8.13.